The van der Waals surface area contributed by atoms with Crippen LogP contribution in [0.3, 0.4) is 0 Å². The van der Waals surface area contributed by atoms with E-state index in [4.69, 9.17) is 0 Å². The van der Waals surface area contributed by atoms with Gasteiger partial charge in [0.1, 0.15) is 17.2 Å². The number of nitro benzene ring substituents is 1. The van der Waals surface area contributed by atoms with Crippen LogP contribution >= 0.6 is 11.8 Å². The summed E-state index contributed by atoms with van der Waals surface area (Å²) >= 11 is 1.35. The molecular formula is C17H18N4O3S. The number of piperidine rings is 1. The van der Waals surface area contributed by atoms with Gasteiger partial charge in [0, 0.05) is 36.9 Å². The second-order valence-electron chi connectivity index (χ2n) is 5.78. The van der Waals surface area contributed by atoms with Gasteiger partial charge in [0.25, 0.3) is 5.69 Å². The van der Waals surface area contributed by atoms with Crippen LogP contribution < -0.4 is 4.90 Å². The topological polar surface area (TPSA) is 89.2 Å². The first-order valence-corrected chi connectivity index (χ1v) is 9.09. The van der Waals surface area contributed by atoms with E-state index in [1.54, 1.807) is 0 Å². The SMILES string of the molecule is O=C(CSc1cc(N2CCCCC2)ncn1)c1ccc([N+](=O)[O-])cc1. The van der Waals surface area contributed by atoms with E-state index in [1.807, 2.05) is 6.07 Å². The summed E-state index contributed by atoms with van der Waals surface area (Å²) in [6.45, 7) is 2.01. The van der Waals surface area contributed by atoms with Crippen molar-refractivity contribution >= 4 is 29.1 Å². The minimum Gasteiger partial charge on any atom is -0.356 e. The molecule has 0 spiro atoms. The van der Waals surface area contributed by atoms with Gasteiger partial charge >= 0.3 is 0 Å². The summed E-state index contributed by atoms with van der Waals surface area (Å²) in [6.07, 6.45) is 5.13. The molecule has 0 N–H and O–H groups in total. The first kappa shape index (κ1) is 17.3. The number of anilines is 1. The highest BCUT2D eigenvalue weighted by Crippen LogP contribution is 2.23. The number of nitro groups is 1. The lowest BCUT2D eigenvalue weighted by atomic mass is 10.1. The van der Waals surface area contributed by atoms with Crippen molar-refractivity contribution < 1.29 is 9.72 Å². The number of nitrogens with zero attached hydrogens (tertiary/aromatic N) is 4. The van der Waals surface area contributed by atoms with Gasteiger partial charge in [0.05, 0.1) is 10.7 Å². The van der Waals surface area contributed by atoms with E-state index in [2.05, 4.69) is 14.9 Å². The molecule has 1 fully saturated rings. The first-order valence-electron chi connectivity index (χ1n) is 8.11. The number of hydrogen-bond acceptors (Lipinski definition) is 7. The Balaban J connectivity index is 1.61. The largest absolute Gasteiger partial charge is 0.356 e. The zero-order valence-electron chi connectivity index (χ0n) is 13.6. The number of rotatable bonds is 6. The molecule has 2 aromatic rings. The van der Waals surface area contributed by atoms with E-state index in [0.29, 0.717) is 5.56 Å². The van der Waals surface area contributed by atoms with Gasteiger partial charge in [-0.25, -0.2) is 9.97 Å². The molecule has 1 aromatic heterocycles. The standard InChI is InChI=1S/C17H18N4O3S/c22-15(13-4-6-14(7-5-13)21(23)24)11-25-17-10-16(18-12-19-17)20-8-2-1-3-9-20/h4-7,10,12H,1-3,8-9,11H2. The van der Waals surface area contributed by atoms with Crippen LogP contribution in [-0.4, -0.2) is 39.5 Å². The number of hydrogen-bond donors (Lipinski definition) is 0. The third-order valence-corrected chi connectivity index (χ3v) is 4.98. The van der Waals surface area contributed by atoms with Crippen molar-refractivity contribution in [1.29, 1.82) is 0 Å². The average molecular weight is 358 g/mol. The summed E-state index contributed by atoms with van der Waals surface area (Å²) in [4.78, 5) is 33.2. The molecule has 2 heterocycles. The maximum atomic E-state index is 12.2. The van der Waals surface area contributed by atoms with Crippen LogP contribution in [0, 0.1) is 10.1 Å². The van der Waals surface area contributed by atoms with Crippen LogP contribution in [0.2, 0.25) is 0 Å². The van der Waals surface area contributed by atoms with Crippen molar-refractivity contribution in [1.82, 2.24) is 9.97 Å². The van der Waals surface area contributed by atoms with Crippen molar-refractivity contribution in [3.05, 3.63) is 52.3 Å². The number of aromatic nitrogens is 2. The number of non-ortho nitro benzene ring substituents is 1. The molecule has 25 heavy (non-hydrogen) atoms. The Hall–Kier alpha value is -2.48. The minimum absolute atomic E-state index is 0.0221. The van der Waals surface area contributed by atoms with Gasteiger partial charge in [0.2, 0.25) is 0 Å². The molecule has 130 valence electrons. The van der Waals surface area contributed by atoms with Crippen LogP contribution in [0.5, 0.6) is 0 Å². The Morgan fingerprint density at radius 3 is 2.56 bits per heavy atom. The number of Topliss-reactive ketones (excluding diaryl/α,β-unsaturated/α-hetero) is 1. The molecule has 0 atom stereocenters. The zero-order chi connectivity index (χ0) is 17.6. The smallest absolute Gasteiger partial charge is 0.269 e. The van der Waals surface area contributed by atoms with Gasteiger partial charge in [-0.05, 0) is 31.4 Å². The van der Waals surface area contributed by atoms with Gasteiger partial charge in [-0.15, -0.1) is 0 Å². The van der Waals surface area contributed by atoms with Crippen molar-refractivity contribution in [2.24, 2.45) is 0 Å². The number of benzene rings is 1. The average Bonchev–Trinajstić information content (AvgIpc) is 2.67. The maximum Gasteiger partial charge on any atom is 0.269 e. The van der Waals surface area contributed by atoms with Crippen molar-refractivity contribution in [2.75, 3.05) is 23.7 Å². The second-order valence-corrected chi connectivity index (χ2v) is 6.77. The molecule has 1 aliphatic rings. The highest BCUT2D eigenvalue weighted by atomic mass is 32.2. The van der Waals surface area contributed by atoms with Crippen LogP contribution in [0.25, 0.3) is 0 Å². The molecular weight excluding hydrogens is 340 g/mol. The molecule has 0 aliphatic carbocycles. The summed E-state index contributed by atoms with van der Waals surface area (Å²) in [6, 6.07) is 7.58. The van der Waals surface area contributed by atoms with Crippen LogP contribution in [0.1, 0.15) is 29.6 Å². The van der Waals surface area contributed by atoms with E-state index in [0.717, 1.165) is 23.9 Å². The number of thioether (sulfide) groups is 1. The molecule has 7 nitrogen and oxygen atoms in total. The Kier molecular flexibility index (Phi) is 5.60. The van der Waals surface area contributed by atoms with Gasteiger partial charge < -0.3 is 4.90 Å². The molecule has 3 rings (SSSR count). The van der Waals surface area contributed by atoms with E-state index in [-0.39, 0.29) is 17.2 Å². The van der Waals surface area contributed by atoms with E-state index in [9.17, 15) is 14.9 Å². The second kappa shape index (κ2) is 8.06. The van der Waals surface area contributed by atoms with Crippen molar-refractivity contribution in [3.8, 4) is 0 Å². The normalized spacial score (nSPS) is 14.3. The van der Waals surface area contributed by atoms with Gasteiger partial charge in [-0.1, -0.05) is 11.8 Å². The van der Waals surface area contributed by atoms with Crippen molar-refractivity contribution in [2.45, 2.75) is 24.3 Å². The van der Waals surface area contributed by atoms with Crippen LogP contribution in [0.15, 0.2) is 41.7 Å². The fourth-order valence-electron chi connectivity index (χ4n) is 2.70. The van der Waals surface area contributed by atoms with Crippen LogP contribution in [0.4, 0.5) is 11.5 Å². The fourth-order valence-corrected chi connectivity index (χ4v) is 3.45. The summed E-state index contributed by atoms with van der Waals surface area (Å²) < 4.78 is 0. The lowest BCUT2D eigenvalue weighted by Gasteiger charge is -2.27. The number of carbonyl (C=O) groups excluding carboxylic acids is 1. The number of carbonyl (C=O) groups is 1. The first-order chi connectivity index (χ1) is 12.1. The highest BCUT2D eigenvalue weighted by Gasteiger charge is 2.14. The monoisotopic (exact) mass is 358 g/mol. The Morgan fingerprint density at radius 1 is 1.16 bits per heavy atom. The van der Waals surface area contributed by atoms with Crippen LogP contribution in [-0.2, 0) is 0 Å². The quantitative estimate of drug-likeness (QED) is 0.257. The zero-order valence-corrected chi connectivity index (χ0v) is 14.4. The third-order valence-electron chi connectivity index (χ3n) is 4.06. The Bertz CT molecular complexity index is 761. The molecule has 8 heteroatoms. The molecule has 1 aromatic carbocycles. The summed E-state index contributed by atoms with van der Waals surface area (Å²) in [5, 5.41) is 11.4. The molecule has 1 aliphatic heterocycles. The molecule has 1 saturated heterocycles. The lowest BCUT2D eigenvalue weighted by Crippen LogP contribution is -2.30. The summed E-state index contributed by atoms with van der Waals surface area (Å²) in [7, 11) is 0. The minimum atomic E-state index is -0.480. The van der Waals surface area contributed by atoms with Gasteiger partial charge in [0.15, 0.2) is 5.78 Å². The molecule has 0 bridgehead atoms. The molecule has 0 amide bonds. The van der Waals surface area contributed by atoms with E-state index >= 15 is 0 Å². The van der Waals surface area contributed by atoms with Crippen molar-refractivity contribution in [3.63, 3.8) is 0 Å². The Labute approximate surface area is 149 Å². The Morgan fingerprint density at radius 2 is 1.88 bits per heavy atom. The maximum absolute atomic E-state index is 12.2. The molecule has 0 unspecified atom stereocenters. The summed E-state index contributed by atoms with van der Waals surface area (Å²) in [5.74, 6) is 1.05. The third kappa shape index (κ3) is 4.54. The van der Waals surface area contributed by atoms with E-state index < -0.39 is 4.92 Å². The molecule has 0 radical (unpaired) electrons. The van der Waals surface area contributed by atoms with Gasteiger partial charge in [-0.2, -0.15) is 0 Å². The summed E-state index contributed by atoms with van der Waals surface area (Å²) in [5.41, 5.74) is 0.439. The lowest BCUT2D eigenvalue weighted by molar-refractivity contribution is -0.384. The van der Waals surface area contributed by atoms with Gasteiger partial charge in [-0.3, -0.25) is 14.9 Å². The van der Waals surface area contributed by atoms with E-state index in [1.165, 1.54) is 61.6 Å². The molecule has 0 saturated carbocycles. The highest BCUT2D eigenvalue weighted by molar-refractivity contribution is 7.99. The predicted molar refractivity (Wildman–Crippen MR) is 96.2 cm³/mol. The number of ketones is 1. The fraction of sp³-hybridized carbons (Fsp3) is 0.353. The predicted octanol–water partition coefficient (Wildman–Crippen LogP) is 3.35.